The number of hydrogen-bond acceptors (Lipinski definition) is 5. The van der Waals surface area contributed by atoms with Crippen molar-refractivity contribution in [3.63, 3.8) is 0 Å². The fourth-order valence-corrected chi connectivity index (χ4v) is 2.69. The Morgan fingerprint density at radius 2 is 2.05 bits per heavy atom. The van der Waals surface area contributed by atoms with E-state index in [9.17, 15) is 14.7 Å². The van der Waals surface area contributed by atoms with Gasteiger partial charge in [-0.15, -0.1) is 0 Å². The zero-order valence-corrected chi connectivity index (χ0v) is 11.0. The van der Waals surface area contributed by atoms with E-state index in [2.05, 4.69) is 0 Å². The molecule has 0 spiro atoms. The molecule has 20 heavy (non-hydrogen) atoms. The minimum Gasteiger partial charge on any atom is -0.417 e. The molecular weight excluding hydrogens is 262 g/mol. The number of ether oxygens (including phenoxy) is 2. The minimum atomic E-state index is -1.45. The van der Waals surface area contributed by atoms with E-state index in [1.54, 1.807) is 31.3 Å². The summed E-state index contributed by atoms with van der Waals surface area (Å²) in [5.41, 5.74) is -0.884. The van der Waals surface area contributed by atoms with Crippen molar-refractivity contribution in [1.82, 2.24) is 4.90 Å². The largest absolute Gasteiger partial charge is 0.417 e. The van der Waals surface area contributed by atoms with E-state index < -0.39 is 30.6 Å². The topological polar surface area (TPSA) is 76.1 Å². The van der Waals surface area contributed by atoms with Gasteiger partial charge in [-0.2, -0.15) is 0 Å². The number of benzene rings is 1. The molecule has 0 saturated carbocycles. The lowest BCUT2D eigenvalue weighted by atomic mass is 9.84. The highest BCUT2D eigenvalue weighted by Crippen LogP contribution is 2.39. The van der Waals surface area contributed by atoms with Crippen LogP contribution in [0.2, 0.25) is 0 Å². The van der Waals surface area contributed by atoms with E-state index in [1.165, 1.54) is 4.90 Å². The van der Waals surface area contributed by atoms with Gasteiger partial charge in [0.2, 0.25) is 6.29 Å². The van der Waals surface area contributed by atoms with Crippen LogP contribution in [0, 0.1) is 0 Å². The van der Waals surface area contributed by atoms with Crippen molar-refractivity contribution in [1.29, 1.82) is 0 Å². The molecule has 1 N–H and O–H groups in total. The first-order valence-corrected chi connectivity index (χ1v) is 6.39. The quantitative estimate of drug-likeness (QED) is 0.858. The number of fused-ring (bicyclic) bond motifs is 1. The van der Waals surface area contributed by atoms with Crippen molar-refractivity contribution in [2.75, 3.05) is 13.7 Å². The molecule has 1 aromatic rings. The van der Waals surface area contributed by atoms with Gasteiger partial charge < -0.3 is 19.5 Å². The first-order chi connectivity index (χ1) is 9.58. The van der Waals surface area contributed by atoms with Gasteiger partial charge in [0.1, 0.15) is 6.04 Å². The fourth-order valence-electron chi connectivity index (χ4n) is 2.69. The third-order valence-electron chi connectivity index (χ3n) is 3.94. The van der Waals surface area contributed by atoms with Crippen LogP contribution in [-0.4, -0.2) is 47.9 Å². The number of amides is 1. The highest BCUT2D eigenvalue weighted by Gasteiger charge is 2.55. The second-order valence-electron chi connectivity index (χ2n) is 5.03. The molecule has 0 aromatic heterocycles. The van der Waals surface area contributed by atoms with E-state index >= 15 is 0 Å². The summed E-state index contributed by atoms with van der Waals surface area (Å²) in [5.74, 6) is -0.252. The van der Waals surface area contributed by atoms with Gasteiger partial charge in [-0.1, -0.05) is 30.3 Å². The van der Waals surface area contributed by atoms with E-state index in [0.717, 1.165) is 0 Å². The molecule has 2 aliphatic heterocycles. The average molecular weight is 277 g/mol. The van der Waals surface area contributed by atoms with Gasteiger partial charge in [-0.3, -0.25) is 4.79 Å². The molecule has 2 saturated heterocycles. The number of rotatable bonds is 2. The molecule has 0 aliphatic carbocycles. The summed E-state index contributed by atoms with van der Waals surface area (Å²) in [6.07, 6.45) is -1.25. The van der Waals surface area contributed by atoms with Crippen molar-refractivity contribution in [3.8, 4) is 0 Å². The zero-order chi connectivity index (χ0) is 14.3. The number of ketones is 1. The SMILES string of the molecule is CN1C(=O)OC2OC(CO)(c3ccccc3)C(=O)CC21. The van der Waals surface area contributed by atoms with E-state index in [4.69, 9.17) is 9.47 Å². The van der Waals surface area contributed by atoms with Gasteiger partial charge in [0.05, 0.1) is 6.61 Å². The number of likely N-dealkylation sites (N-methyl/N-ethyl adjacent to an activating group) is 1. The molecule has 2 aliphatic rings. The zero-order valence-electron chi connectivity index (χ0n) is 11.0. The maximum Gasteiger partial charge on any atom is 0.412 e. The molecule has 2 heterocycles. The molecule has 3 unspecified atom stereocenters. The number of aliphatic hydroxyl groups is 1. The summed E-state index contributed by atoms with van der Waals surface area (Å²) in [4.78, 5) is 25.4. The monoisotopic (exact) mass is 277 g/mol. The third kappa shape index (κ3) is 1.72. The highest BCUT2D eigenvalue weighted by atomic mass is 16.7. The second-order valence-corrected chi connectivity index (χ2v) is 5.03. The predicted molar refractivity (Wildman–Crippen MR) is 67.7 cm³/mol. The molecule has 0 radical (unpaired) electrons. The van der Waals surface area contributed by atoms with Gasteiger partial charge >= 0.3 is 6.09 Å². The van der Waals surface area contributed by atoms with Gasteiger partial charge in [0.25, 0.3) is 0 Å². The molecule has 1 aromatic carbocycles. The van der Waals surface area contributed by atoms with Crippen LogP contribution in [0.15, 0.2) is 30.3 Å². The lowest BCUT2D eigenvalue weighted by Gasteiger charge is -2.39. The number of carbonyl (C=O) groups excluding carboxylic acids is 2. The van der Waals surface area contributed by atoms with E-state index in [0.29, 0.717) is 5.56 Å². The molecule has 0 bridgehead atoms. The Hall–Kier alpha value is -1.92. The molecule has 3 rings (SSSR count). The van der Waals surface area contributed by atoms with Gasteiger partial charge in [0.15, 0.2) is 11.4 Å². The van der Waals surface area contributed by atoms with Crippen molar-refractivity contribution in [3.05, 3.63) is 35.9 Å². The molecule has 6 heteroatoms. The Morgan fingerprint density at radius 3 is 2.70 bits per heavy atom. The van der Waals surface area contributed by atoms with Gasteiger partial charge in [-0.25, -0.2) is 4.79 Å². The normalized spacial score (nSPS) is 33.0. The van der Waals surface area contributed by atoms with Gasteiger partial charge in [0, 0.05) is 13.5 Å². The van der Waals surface area contributed by atoms with Crippen molar-refractivity contribution in [2.24, 2.45) is 0 Å². The Kier molecular flexibility index (Phi) is 2.99. The molecule has 2 fully saturated rings. The van der Waals surface area contributed by atoms with Crippen LogP contribution in [0.25, 0.3) is 0 Å². The first kappa shape index (κ1) is 13.1. The number of Topliss-reactive ketones (excluding diaryl/α,β-unsaturated/α-hetero) is 1. The lowest BCUT2D eigenvalue weighted by molar-refractivity contribution is -0.219. The maximum absolute atomic E-state index is 12.5. The maximum atomic E-state index is 12.5. The molecular formula is C14H15NO5. The Balaban J connectivity index is 1.98. The average Bonchev–Trinajstić information content (AvgIpc) is 2.74. The number of aliphatic hydroxyl groups excluding tert-OH is 1. The van der Waals surface area contributed by atoms with Crippen molar-refractivity contribution >= 4 is 11.9 Å². The van der Waals surface area contributed by atoms with Gasteiger partial charge in [-0.05, 0) is 5.56 Å². The Bertz CT molecular complexity index is 546. The summed E-state index contributed by atoms with van der Waals surface area (Å²) in [6, 6.07) is 8.35. The third-order valence-corrected chi connectivity index (χ3v) is 3.94. The minimum absolute atomic E-state index is 0.0996. The fraction of sp³-hybridized carbons (Fsp3) is 0.429. The van der Waals surface area contributed by atoms with Crippen molar-refractivity contribution < 1.29 is 24.2 Å². The molecule has 3 atom stereocenters. The van der Waals surface area contributed by atoms with Crippen molar-refractivity contribution in [2.45, 2.75) is 24.4 Å². The summed E-state index contributed by atoms with van der Waals surface area (Å²) in [6.45, 7) is -0.486. The van der Waals surface area contributed by atoms with Crippen LogP contribution in [0.1, 0.15) is 12.0 Å². The highest BCUT2D eigenvalue weighted by molar-refractivity contribution is 5.91. The standard InChI is InChI=1S/C14H15NO5/c1-15-10-7-11(17)14(8-16,9-5-3-2-4-6-9)20-12(10)19-13(15)18/h2-6,10,12,16H,7-8H2,1H3. The number of carbonyl (C=O) groups is 2. The van der Waals surface area contributed by atoms with E-state index in [-0.39, 0.29) is 12.2 Å². The molecule has 6 nitrogen and oxygen atoms in total. The number of hydrogen-bond donors (Lipinski definition) is 1. The summed E-state index contributed by atoms with van der Waals surface area (Å²) >= 11 is 0. The molecule has 1 amide bonds. The number of nitrogens with zero attached hydrogens (tertiary/aromatic N) is 1. The van der Waals surface area contributed by atoms with Crippen LogP contribution in [0.3, 0.4) is 0 Å². The first-order valence-electron chi connectivity index (χ1n) is 6.39. The van der Waals surface area contributed by atoms with Crippen LogP contribution in [-0.2, 0) is 19.9 Å². The van der Waals surface area contributed by atoms with Crippen LogP contribution in [0.4, 0.5) is 4.79 Å². The van der Waals surface area contributed by atoms with E-state index in [1.807, 2.05) is 6.07 Å². The smallest absolute Gasteiger partial charge is 0.412 e. The summed E-state index contributed by atoms with van der Waals surface area (Å²) in [7, 11) is 1.57. The van der Waals surface area contributed by atoms with Crippen LogP contribution >= 0.6 is 0 Å². The van der Waals surface area contributed by atoms with Crippen LogP contribution < -0.4 is 0 Å². The predicted octanol–water partition coefficient (Wildman–Crippen LogP) is 0.640. The Morgan fingerprint density at radius 1 is 1.35 bits per heavy atom. The molecule has 106 valence electrons. The second kappa shape index (κ2) is 4.57. The summed E-state index contributed by atoms with van der Waals surface area (Å²) in [5, 5.41) is 9.72. The lowest BCUT2D eigenvalue weighted by Crippen LogP contribution is -2.55. The van der Waals surface area contributed by atoms with Crippen LogP contribution in [0.5, 0.6) is 0 Å². The summed E-state index contributed by atoms with van der Waals surface area (Å²) < 4.78 is 10.8. The Labute approximate surface area is 115 Å².